The third-order valence-electron chi connectivity index (χ3n) is 3.71. The summed E-state index contributed by atoms with van der Waals surface area (Å²) in [5, 5.41) is 32.8. The molecule has 0 aromatic rings. The molecule has 0 bridgehead atoms. The van der Waals surface area contributed by atoms with Crippen LogP contribution in [0.25, 0.3) is 11.5 Å². The number of aromatic nitrogens is 4. The van der Waals surface area contributed by atoms with Crippen molar-refractivity contribution in [2.75, 3.05) is 5.32 Å². The molecule has 106 valence electrons. The molecule has 9 nitrogen and oxygen atoms in total. The highest BCUT2D eigenvalue weighted by atomic mass is 16.4. The van der Waals surface area contributed by atoms with E-state index in [1.807, 2.05) is 0 Å². The summed E-state index contributed by atoms with van der Waals surface area (Å²) >= 11 is 0. The van der Waals surface area contributed by atoms with Gasteiger partial charge in [-0.15, -0.1) is 0 Å². The van der Waals surface area contributed by atoms with Gasteiger partial charge in [0.25, 0.3) is 0 Å². The van der Waals surface area contributed by atoms with Gasteiger partial charge in [0.1, 0.15) is 24.6 Å². The monoisotopic (exact) mass is 279 g/mol. The summed E-state index contributed by atoms with van der Waals surface area (Å²) in [5.74, 6) is -0.725. The Bertz CT molecular complexity index is 669. The van der Waals surface area contributed by atoms with Gasteiger partial charge in [-0.2, -0.15) is 0 Å². The number of rotatable bonds is 1. The molecule has 0 radical (unpaired) electrons. The summed E-state index contributed by atoms with van der Waals surface area (Å²) in [6.45, 7) is 2.60. The molecule has 3 heterocycles. The van der Waals surface area contributed by atoms with Crippen LogP contribution >= 0.6 is 0 Å². The third-order valence-corrected chi connectivity index (χ3v) is 3.71. The Morgan fingerprint density at radius 1 is 1.40 bits per heavy atom. The number of nitrogens with one attached hydrogen (secondary N) is 1. The maximum atomic E-state index is 11.5. The minimum atomic E-state index is -1.85. The van der Waals surface area contributed by atoms with Crippen molar-refractivity contribution < 1.29 is 20.1 Å². The van der Waals surface area contributed by atoms with Crippen LogP contribution < -0.4 is 5.32 Å². The van der Waals surface area contributed by atoms with Gasteiger partial charge in [0.15, 0.2) is 22.8 Å². The number of carboxylic acids is 1. The number of fused-ring (bicyclic) bond motifs is 3. The van der Waals surface area contributed by atoms with Crippen molar-refractivity contribution in [2.24, 2.45) is 0 Å². The van der Waals surface area contributed by atoms with Gasteiger partial charge in [0.2, 0.25) is 0 Å². The summed E-state index contributed by atoms with van der Waals surface area (Å²) in [6, 6.07) is 0. The van der Waals surface area contributed by atoms with E-state index in [0.29, 0.717) is 11.5 Å². The van der Waals surface area contributed by atoms with E-state index in [-0.39, 0.29) is 5.82 Å². The molecule has 0 spiro atoms. The number of carboxylic acid groups (broad SMARTS) is 1. The first-order valence-corrected chi connectivity index (χ1v) is 5.89. The molecule has 0 fully saturated rings. The van der Waals surface area contributed by atoms with Gasteiger partial charge < -0.3 is 20.6 Å². The van der Waals surface area contributed by atoms with E-state index in [1.54, 1.807) is 0 Å². The van der Waals surface area contributed by atoms with Crippen LogP contribution in [0.1, 0.15) is 13.8 Å². The van der Waals surface area contributed by atoms with Crippen LogP contribution in [-0.2, 0) is 10.5 Å². The van der Waals surface area contributed by atoms with Gasteiger partial charge in [0, 0.05) is 0 Å². The van der Waals surface area contributed by atoms with Crippen LogP contribution in [0, 0.1) is 0 Å². The van der Waals surface area contributed by atoms with E-state index in [2.05, 4.69) is 20.3 Å². The summed E-state index contributed by atoms with van der Waals surface area (Å²) in [4.78, 5) is 23.4. The third kappa shape index (κ3) is 1.38. The Morgan fingerprint density at radius 3 is 2.75 bits per heavy atom. The normalized spacial score (nSPS) is 32.7. The quantitative estimate of drug-likeness (QED) is 0.526. The van der Waals surface area contributed by atoms with Gasteiger partial charge in [-0.1, -0.05) is 0 Å². The van der Waals surface area contributed by atoms with Crippen molar-refractivity contribution >= 4 is 11.8 Å². The molecule has 3 atom stereocenters. The van der Waals surface area contributed by atoms with E-state index in [0.717, 1.165) is 0 Å². The topological polar surface area (TPSA) is 133 Å². The lowest BCUT2D eigenvalue weighted by molar-refractivity contribution is -0.174. The van der Waals surface area contributed by atoms with Crippen LogP contribution in [0.15, 0.2) is 12.7 Å². The number of nitrogens with zero attached hydrogens (tertiary/aromatic N) is 4. The zero-order valence-corrected chi connectivity index (χ0v) is 10.8. The number of hydrogen-bond donors (Lipinski definition) is 4. The number of aliphatic hydroxyl groups is 2. The second-order valence-electron chi connectivity index (χ2n) is 5.14. The van der Waals surface area contributed by atoms with Crippen LogP contribution in [-0.4, -0.2) is 52.5 Å². The van der Waals surface area contributed by atoms with Crippen molar-refractivity contribution in [3.8, 4) is 11.5 Å². The van der Waals surface area contributed by atoms with E-state index >= 15 is 0 Å². The van der Waals surface area contributed by atoms with E-state index in [4.69, 9.17) is 0 Å². The maximum absolute atomic E-state index is 11.5. The maximum Gasteiger partial charge on any atom is 0.332 e. The fraction of sp³-hybridized carbons (Fsp3) is 0.455. The number of hydrogen-bond acceptors (Lipinski definition) is 7. The van der Waals surface area contributed by atoms with Gasteiger partial charge >= 0.3 is 5.97 Å². The molecule has 0 aliphatic carbocycles. The highest BCUT2D eigenvalue weighted by Gasteiger charge is 2.55. The molecule has 0 saturated heterocycles. The fourth-order valence-corrected chi connectivity index (χ4v) is 2.43. The smallest absolute Gasteiger partial charge is 0.332 e. The molecule has 0 aromatic carbocycles. The zero-order chi connectivity index (χ0) is 14.7. The van der Waals surface area contributed by atoms with Crippen molar-refractivity contribution in [1.29, 1.82) is 0 Å². The Hall–Kier alpha value is -2.26. The van der Waals surface area contributed by atoms with Gasteiger partial charge in [-0.3, -0.25) is 4.57 Å². The second kappa shape index (κ2) is 3.64. The highest BCUT2D eigenvalue weighted by Crippen LogP contribution is 2.40. The van der Waals surface area contributed by atoms with Gasteiger partial charge in [0.05, 0.1) is 0 Å². The minimum absolute atomic E-state index is 0.243. The number of anilines is 1. The molecule has 20 heavy (non-hydrogen) atoms. The molecule has 0 aromatic heterocycles. The Morgan fingerprint density at radius 2 is 2.10 bits per heavy atom. The SMILES string of the molecule is CC1(C(=O)O)Nc2c3ncnc-3ncn2C(C)(O)C1O. The van der Waals surface area contributed by atoms with Crippen LogP contribution in [0.5, 0.6) is 0 Å². The van der Waals surface area contributed by atoms with Crippen molar-refractivity contribution in [3.63, 3.8) is 0 Å². The molecule has 0 amide bonds. The molecule has 3 aliphatic rings. The molecular formula is C11H13N5O4. The molecule has 3 aliphatic heterocycles. The highest BCUT2D eigenvalue weighted by molar-refractivity contribution is 5.85. The fourth-order valence-electron chi connectivity index (χ4n) is 2.43. The van der Waals surface area contributed by atoms with E-state index in [9.17, 15) is 20.1 Å². The second-order valence-corrected chi connectivity index (χ2v) is 5.14. The Kier molecular flexibility index (Phi) is 2.32. The van der Waals surface area contributed by atoms with Crippen molar-refractivity contribution in [2.45, 2.75) is 31.2 Å². The molecule has 3 unspecified atom stereocenters. The molecule has 3 rings (SSSR count). The average molecular weight is 279 g/mol. The lowest BCUT2D eigenvalue weighted by Gasteiger charge is -2.47. The largest absolute Gasteiger partial charge is 0.479 e. The zero-order valence-electron chi connectivity index (χ0n) is 10.8. The number of aliphatic hydroxyl groups excluding tert-OH is 1. The first kappa shape index (κ1) is 12.8. The number of imidazole rings is 1. The Labute approximate surface area is 113 Å². The predicted molar refractivity (Wildman–Crippen MR) is 66.0 cm³/mol. The van der Waals surface area contributed by atoms with Crippen molar-refractivity contribution in [1.82, 2.24) is 19.5 Å². The van der Waals surface area contributed by atoms with Crippen LogP contribution in [0.4, 0.5) is 5.82 Å². The first-order valence-electron chi connectivity index (χ1n) is 5.89. The minimum Gasteiger partial charge on any atom is -0.479 e. The molecule has 0 saturated carbocycles. The summed E-state index contributed by atoms with van der Waals surface area (Å²) in [5.41, 5.74) is -3.29. The predicted octanol–water partition coefficient (Wildman–Crippen LogP) is -0.927. The molecule has 4 N–H and O–H groups in total. The van der Waals surface area contributed by atoms with E-state index < -0.39 is 23.3 Å². The summed E-state index contributed by atoms with van der Waals surface area (Å²) < 4.78 is 1.25. The standard InChI is InChI=1S/C11H13N5O4/c1-10(9(18)19)8(17)11(2,20)16-4-14-6-5(7(16)15-10)12-3-13-6/h3-4,8,15,17,20H,1-2H3,(H,18,19). The summed E-state index contributed by atoms with van der Waals surface area (Å²) in [7, 11) is 0. The Balaban J connectivity index is 2.30. The van der Waals surface area contributed by atoms with Gasteiger partial charge in [-0.05, 0) is 13.8 Å². The first-order chi connectivity index (χ1) is 9.28. The molecular weight excluding hydrogens is 266 g/mol. The lowest BCUT2D eigenvalue weighted by Crippen LogP contribution is -2.66. The average Bonchev–Trinajstić information content (AvgIpc) is 2.84. The number of carbonyl (C=O) groups is 1. The lowest BCUT2D eigenvalue weighted by atomic mass is 9.85. The van der Waals surface area contributed by atoms with E-state index in [1.165, 1.54) is 31.1 Å². The van der Waals surface area contributed by atoms with Gasteiger partial charge in [-0.25, -0.2) is 19.7 Å². The number of aliphatic carboxylic acids is 1. The van der Waals surface area contributed by atoms with Crippen LogP contribution in [0.3, 0.4) is 0 Å². The molecule has 9 heteroatoms. The van der Waals surface area contributed by atoms with Crippen LogP contribution in [0.2, 0.25) is 0 Å². The summed E-state index contributed by atoms with van der Waals surface area (Å²) in [6.07, 6.45) is 0.981. The van der Waals surface area contributed by atoms with Crippen molar-refractivity contribution in [3.05, 3.63) is 12.7 Å².